The molecule has 0 radical (unpaired) electrons. The zero-order valence-corrected chi connectivity index (χ0v) is 17.7. The zero-order chi connectivity index (χ0) is 30.8. The highest BCUT2D eigenvalue weighted by molar-refractivity contribution is 5.91. The van der Waals surface area contributed by atoms with Crippen LogP contribution < -0.4 is 29.6 Å². The summed E-state index contributed by atoms with van der Waals surface area (Å²) in [6.07, 6.45) is -3.20. The number of benzene rings is 2. The number of nitrogens with zero attached hydrogens (tertiary/aromatic N) is 4. The molecule has 0 saturated carbocycles. The van der Waals surface area contributed by atoms with Crippen molar-refractivity contribution in [3.05, 3.63) is 36.4 Å². The van der Waals surface area contributed by atoms with Crippen molar-refractivity contribution in [3.8, 4) is 23.0 Å². The van der Waals surface area contributed by atoms with E-state index in [1.54, 1.807) is 0 Å². The normalized spacial score (nSPS) is 28.4. The smallest absolute Gasteiger partial charge is 0.267 e. The summed E-state index contributed by atoms with van der Waals surface area (Å²) in [4.78, 5) is 23.5. The van der Waals surface area contributed by atoms with E-state index in [4.69, 9.17) is 31.4 Å². The van der Waals surface area contributed by atoms with Gasteiger partial charge in [-0.25, -0.2) is 4.98 Å². The standard InChI is InChI=1S/C23H25N5O5/c1-30-18-11-14-15(12-19(18)31-2)25-23(26-21(14)24)28-9-7-27(8-10-28)22(29)20-13-32-16-5-3-4-6-17(16)33-20/h3-6,11-12,20H,7-10,13H2,1-2H3,(H2,24,25,26)/i7D2,8D2,13D2,20D/hD2. The van der Waals surface area contributed by atoms with Crippen LogP contribution in [0.25, 0.3) is 10.9 Å². The van der Waals surface area contributed by atoms with E-state index < -0.39 is 44.6 Å². The monoisotopic (exact) mass is 460 g/mol. The molecule has 2 N–H and O–H groups in total. The summed E-state index contributed by atoms with van der Waals surface area (Å²) in [7, 11) is 2.80. The number of aromatic nitrogens is 2. The first-order valence-corrected chi connectivity index (χ1v) is 9.83. The van der Waals surface area contributed by atoms with Crippen LogP contribution in [0, 0.1) is 0 Å². The van der Waals surface area contributed by atoms with Gasteiger partial charge in [0.15, 0.2) is 25.8 Å². The highest BCUT2D eigenvalue weighted by atomic mass is 16.6. The van der Waals surface area contributed by atoms with Crippen molar-refractivity contribution >= 4 is 28.6 Å². The van der Waals surface area contributed by atoms with Crippen molar-refractivity contribution in [3.63, 3.8) is 0 Å². The number of carbonyl (C=O) groups excluding carboxylic acids is 1. The zero-order valence-electron chi connectivity index (χ0n) is 26.7. The molecule has 172 valence electrons. The average molecular weight is 461 g/mol. The second kappa shape index (κ2) is 8.53. The fraction of sp³-hybridized carbons (Fsp3) is 0.348. The molecule has 3 aromatic rings. The van der Waals surface area contributed by atoms with Gasteiger partial charge in [0.2, 0.25) is 12.0 Å². The highest BCUT2D eigenvalue weighted by Crippen LogP contribution is 2.34. The summed E-state index contributed by atoms with van der Waals surface area (Å²) < 4.78 is 96.7. The van der Waals surface area contributed by atoms with Crippen molar-refractivity contribution in [2.75, 3.05) is 57.5 Å². The topological polar surface area (TPSA) is 112 Å². The minimum atomic E-state index is -3.20. The summed E-state index contributed by atoms with van der Waals surface area (Å²) in [5.74, 6) is -1.78. The van der Waals surface area contributed by atoms with Gasteiger partial charge in [-0.2, -0.15) is 4.98 Å². The lowest BCUT2D eigenvalue weighted by molar-refractivity contribution is -0.141. The third kappa shape index (κ3) is 3.88. The Morgan fingerprint density at radius 2 is 1.91 bits per heavy atom. The van der Waals surface area contributed by atoms with E-state index in [2.05, 4.69) is 9.97 Å². The molecular formula is C23H25N5O5. The Kier molecular flexibility index (Phi) is 3.34. The van der Waals surface area contributed by atoms with Gasteiger partial charge in [0.1, 0.15) is 12.4 Å². The molecule has 1 atom stereocenters. The number of para-hydroxylation sites is 2. The number of hydrogen-bond donors (Lipinski definition) is 1. The Hall–Kier alpha value is -3.95. The first-order chi connectivity index (χ1) is 19.5. The number of methoxy groups -OCH3 is 2. The Balaban J connectivity index is 1.54. The molecular weight excluding hydrogens is 426 g/mol. The number of nitrogens with two attached hydrogens (primary N) is 1. The Morgan fingerprint density at radius 3 is 2.64 bits per heavy atom. The summed E-state index contributed by atoms with van der Waals surface area (Å²) in [5.41, 5.74) is 0.397. The molecule has 2 aromatic carbocycles. The summed E-state index contributed by atoms with van der Waals surface area (Å²) in [5, 5.41) is 0.231. The number of carbonyl (C=O) groups is 1. The fourth-order valence-corrected chi connectivity index (χ4v) is 3.32. The van der Waals surface area contributed by atoms with E-state index in [0.29, 0.717) is 0 Å². The largest absolute Gasteiger partial charge is 0.493 e. The summed E-state index contributed by atoms with van der Waals surface area (Å²) in [6, 6.07) is 8.66. The van der Waals surface area contributed by atoms with Crippen molar-refractivity contribution in [1.29, 1.82) is 0 Å². The Morgan fingerprint density at radius 1 is 1.18 bits per heavy atom. The molecule has 5 rings (SSSR count). The minimum Gasteiger partial charge on any atom is -0.493 e. The van der Waals surface area contributed by atoms with Crippen LogP contribution in [0.15, 0.2) is 36.4 Å². The maximum Gasteiger partial charge on any atom is 0.267 e. The molecule has 10 heteroatoms. The second-order valence-electron chi connectivity index (χ2n) is 6.97. The van der Waals surface area contributed by atoms with Crippen LogP contribution in [0.5, 0.6) is 23.0 Å². The van der Waals surface area contributed by atoms with Crippen LogP contribution in [0.1, 0.15) is 9.60 Å². The van der Waals surface area contributed by atoms with Crippen molar-refractivity contribution in [2.24, 2.45) is 0 Å². The molecule has 1 unspecified atom stereocenters. The lowest BCUT2D eigenvalue weighted by atomic mass is 10.2. The van der Waals surface area contributed by atoms with Gasteiger partial charge in [-0.1, -0.05) is 12.1 Å². The van der Waals surface area contributed by atoms with Crippen LogP contribution in [0.2, 0.25) is 2.82 Å². The number of nitrogen functional groups attached to an aromatic ring is 1. The lowest BCUT2D eigenvalue weighted by Crippen LogP contribution is -2.54. The van der Waals surface area contributed by atoms with E-state index in [-0.39, 0.29) is 56.3 Å². The van der Waals surface area contributed by atoms with Gasteiger partial charge >= 0.3 is 0 Å². The maximum absolute atomic E-state index is 13.7. The number of hydrogen-bond acceptors (Lipinski definition) is 9. The van der Waals surface area contributed by atoms with Gasteiger partial charge in [0.05, 0.1) is 29.3 Å². The van der Waals surface area contributed by atoms with Crippen LogP contribution in [0.4, 0.5) is 11.8 Å². The maximum atomic E-state index is 13.7. The third-order valence-electron chi connectivity index (χ3n) is 5.00. The first kappa shape index (κ1) is 12.9. The van der Waals surface area contributed by atoms with Crippen molar-refractivity contribution in [2.45, 2.75) is 6.08 Å². The molecule has 1 aromatic heterocycles. The van der Waals surface area contributed by atoms with Gasteiger partial charge < -0.3 is 34.5 Å². The SMILES string of the molecule is [2H]N([2H])c1nc(N2CC([2H])([2H])N(C(=O)C3([2H])Oc4ccccc4OC3([2H])[2H])C([2H])([2H])C2)nc2cc(OC)c(OC)cc12. The second-order valence-corrected chi connectivity index (χ2v) is 6.97. The molecule has 2 aliphatic heterocycles. The van der Waals surface area contributed by atoms with E-state index in [9.17, 15) is 4.79 Å². The Bertz CT molecular complexity index is 1540. The Labute approximate surface area is 203 Å². The first-order valence-electron chi connectivity index (χ1n) is 14.2. The predicted octanol–water partition coefficient (Wildman–Crippen LogP) is 1.72. The molecule has 0 aliphatic carbocycles. The number of rotatable bonds is 5. The molecule has 1 fully saturated rings. The van der Waals surface area contributed by atoms with Gasteiger partial charge in [-0.3, -0.25) is 4.79 Å². The summed E-state index contributed by atoms with van der Waals surface area (Å²) >= 11 is 0. The average Bonchev–Trinajstić information content (AvgIpc) is 2.90. The van der Waals surface area contributed by atoms with Crippen LogP contribution in [-0.4, -0.2) is 73.7 Å². The molecule has 10 nitrogen and oxygen atoms in total. The number of ether oxygens (including phenoxy) is 4. The van der Waals surface area contributed by atoms with E-state index in [0.717, 1.165) is 4.90 Å². The van der Waals surface area contributed by atoms with E-state index in [1.165, 1.54) is 50.6 Å². The van der Waals surface area contributed by atoms with Gasteiger partial charge in [0.25, 0.3) is 5.91 Å². The fourth-order valence-electron chi connectivity index (χ4n) is 3.32. The predicted molar refractivity (Wildman–Crippen MR) is 122 cm³/mol. The van der Waals surface area contributed by atoms with Crippen LogP contribution in [0.3, 0.4) is 0 Å². The minimum absolute atomic E-state index is 0.0784. The van der Waals surface area contributed by atoms with Crippen molar-refractivity contribution < 1.29 is 36.2 Å². The molecule has 3 heterocycles. The number of piperazine rings is 1. The van der Waals surface area contributed by atoms with Gasteiger partial charge in [-0.05, 0) is 18.2 Å². The van der Waals surface area contributed by atoms with Crippen LogP contribution in [-0.2, 0) is 4.79 Å². The molecule has 2 aliphatic rings. The number of amides is 1. The number of anilines is 2. The molecule has 1 amide bonds. The summed E-state index contributed by atoms with van der Waals surface area (Å²) in [6.45, 7) is -10.3. The molecule has 0 bridgehead atoms. The van der Waals surface area contributed by atoms with Crippen molar-refractivity contribution in [1.82, 2.24) is 14.9 Å². The third-order valence-corrected chi connectivity index (χ3v) is 5.00. The molecule has 1 saturated heterocycles. The number of fused-ring (bicyclic) bond motifs is 2. The van der Waals surface area contributed by atoms with E-state index >= 15 is 0 Å². The highest BCUT2D eigenvalue weighted by Gasteiger charge is 2.33. The van der Waals surface area contributed by atoms with Gasteiger partial charge in [0, 0.05) is 37.5 Å². The molecule has 33 heavy (non-hydrogen) atoms. The quantitative estimate of drug-likeness (QED) is 0.608. The van der Waals surface area contributed by atoms with E-state index in [1.807, 2.05) is 0 Å². The van der Waals surface area contributed by atoms with Gasteiger partial charge in [-0.15, -0.1) is 0 Å². The molecule has 0 spiro atoms. The lowest BCUT2D eigenvalue weighted by Gasteiger charge is -2.37. The van der Waals surface area contributed by atoms with Crippen LogP contribution >= 0.6 is 0 Å².